The monoisotopic (exact) mass is 344 g/mol. The molecule has 1 rings (SSSR count). The molecule has 1 aromatic carbocycles. The minimum atomic E-state index is -0.487. The van der Waals surface area contributed by atoms with E-state index in [1.165, 1.54) is 7.11 Å². The zero-order valence-corrected chi connectivity index (χ0v) is 14.4. The molecule has 0 saturated carbocycles. The first-order chi connectivity index (χ1) is 10.6. The number of benzene rings is 1. The summed E-state index contributed by atoms with van der Waals surface area (Å²) < 4.78 is 10.0. The van der Waals surface area contributed by atoms with Crippen LogP contribution in [0.1, 0.15) is 32.6 Å². The second-order valence-electron chi connectivity index (χ2n) is 4.94. The fraction of sp³-hybridized carbons (Fsp3) is 0.500. The quantitative estimate of drug-likeness (QED) is 0.530. The van der Waals surface area contributed by atoms with E-state index in [2.05, 4.69) is 10.1 Å². The molecule has 7 heteroatoms. The van der Waals surface area contributed by atoms with Crippen molar-refractivity contribution in [2.45, 2.75) is 38.6 Å². The van der Waals surface area contributed by atoms with Crippen molar-refractivity contribution in [3.05, 3.63) is 24.3 Å². The Balaban J connectivity index is 0.00000484. The van der Waals surface area contributed by atoms with Crippen LogP contribution >= 0.6 is 12.4 Å². The van der Waals surface area contributed by atoms with E-state index in [1.807, 2.05) is 6.92 Å². The van der Waals surface area contributed by atoms with Gasteiger partial charge in [0.1, 0.15) is 5.75 Å². The molecule has 130 valence electrons. The number of anilines is 1. The van der Waals surface area contributed by atoms with E-state index in [4.69, 9.17) is 10.5 Å². The molecule has 1 amide bonds. The number of nitrogens with two attached hydrogens (primary N) is 1. The van der Waals surface area contributed by atoms with Gasteiger partial charge in [-0.2, -0.15) is 0 Å². The van der Waals surface area contributed by atoms with Gasteiger partial charge in [0.25, 0.3) is 0 Å². The van der Waals surface area contributed by atoms with Gasteiger partial charge in [0.15, 0.2) is 0 Å². The van der Waals surface area contributed by atoms with Gasteiger partial charge in [0, 0.05) is 12.1 Å². The van der Waals surface area contributed by atoms with Gasteiger partial charge in [0.05, 0.1) is 19.8 Å². The number of nitrogens with one attached hydrogen (secondary N) is 1. The lowest BCUT2D eigenvalue weighted by Gasteiger charge is -2.12. The van der Waals surface area contributed by atoms with Gasteiger partial charge in [-0.1, -0.05) is 13.3 Å². The number of hydrogen-bond acceptors (Lipinski definition) is 5. The number of amides is 1. The highest BCUT2D eigenvalue weighted by atomic mass is 35.5. The minimum absolute atomic E-state index is 0. The van der Waals surface area contributed by atoms with Crippen molar-refractivity contribution < 1.29 is 19.1 Å². The maximum absolute atomic E-state index is 11.8. The number of rotatable bonds is 9. The van der Waals surface area contributed by atoms with Crippen molar-refractivity contribution in [2.75, 3.05) is 19.0 Å². The second-order valence-corrected chi connectivity index (χ2v) is 4.94. The summed E-state index contributed by atoms with van der Waals surface area (Å²) in [4.78, 5) is 22.7. The number of methoxy groups -OCH3 is 1. The SMILES string of the molecule is CCCC(N)C(=O)Nc1ccc(OCCCC(=O)OC)cc1.Cl. The van der Waals surface area contributed by atoms with Gasteiger partial charge in [-0.3, -0.25) is 9.59 Å². The number of carbonyl (C=O) groups is 2. The highest BCUT2D eigenvalue weighted by Crippen LogP contribution is 2.16. The van der Waals surface area contributed by atoms with Crippen molar-refractivity contribution >= 4 is 30.0 Å². The zero-order valence-electron chi connectivity index (χ0n) is 13.5. The van der Waals surface area contributed by atoms with Crippen molar-refractivity contribution in [1.82, 2.24) is 0 Å². The molecule has 1 unspecified atom stereocenters. The van der Waals surface area contributed by atoms with E-state index >= 15 is 0 Å². The predicted molar refractivity (Wildman–Crippen MR) is 91.9 cm³/mol. The zero-order chi connectivity index (χ0) is 16.4. The standard InChI is InChI=1S/C16H24N2O4.ClH/c1-3-5-14(17)16(20)18-12-7-9-13(10-8-12)22-11-4-6-15(19)21-2;/h7-10,14H,3-6,11,17H2,1-2H3,(H,18,20);1H. The van der Waals surface area contributed by atoms with Crippen LogP contribution in [0.2, 0.25) is 0 Å². The van der Waals surface area contributed by atoms with E-state index in [0.717, 1.165) is 6.42 Å². The maximum atomic E-state index is 11.8. The van der Waals surface area contributed by atoms with Crippen molar-refractivity contribution in [3.8, 4) is 5.75 Å². The van der Waals surface area contributed by atoms with Gasteiger partial charge in [-0.15, -0.1) is 12.4 Å². The predicted octanol–water partition coefficient (Wildman–Crippen LogP) is 2.51. The van der Waals surface area contributed by atoms with Crippen LogP contribution in [0.25, 0.3) is 0 Å². The highest BCUT2D eigenvalue weighted by molar-refractivity contribution is 5.94. The van der Waals surface area contributed by atoms with Crippen molar-refractivity contribution in [3.63, 3.8) is 0 Å². The molecule has 0 aliphatic rings. The second kappa shape index (κ2) is 11.7. The molecule has 0 saturated heterocycles. The number of carbonyl (C=O) groups excluding carboxylic acids is 2. The summed E-state index contributed by atoms with van der Waals surface area (Å²) in [5.74, 6) is 0.249. The number of halogens is 1. The Morgan fingerprint density at radius 2 is 1.91 bits per heavy atom. The number of ether oxygens (including phenoxy) is 2. The molecule has 1 atom stereocenters. The molecule has 0 aliphatic carbocycles. The highest BCUT2D eigenvalue weighted by Gasteiger charge is 2.12. The van der Waals surface area contributed by atoms with Crippen LogP contribution in [0.3, 0.4) is 0 Å². The Morgan fingerprint density at radius 3 is 2.48 bits per heavy atom. The molecule has 0 radical (unpaired) electrons. The first-order valence-corrected chi connectivity index (χ1v) is 7.43. The molecule has 1 aromatic rings. The van der Waals surface area contributed by atoms with Gasteiger partial charge < -0.3 is 20.5 Å². The first-order valence-electron chi connectivity index (χ1n) is 7.43. The van der Waals surface area contributed by atoms with Gasteiger partial charge in [-0.25, -0.2) is 0 Å². The summed E-state index contributed by atoms with van der Waals surface area (Å²) in [6, 6.07) is 6.55. The number of esters is 1. The summed E-state index contributed by atoms with van der Waals surface area (Å²) in [7, 11) is 1.36. The van der Waals surface area contributed by atoms with E-state index in [-0.39, 0.29) is 24.3 Å². The lowest BCUT2D eigenvalue weighted by atomic mass is 10.1. The normalized spacial score (nSPS) is 11.1. The maximum Gasteiger partial charge on any atom is 0.305 e. The Labute approximate surface area is 143 Å². The smallest absolute Gasteiger partial charge is 0.305 e. The summed E-state index contributed by atoms with van der Waals surface area (Å²) in [5, 5.41) is 2.76. The Morgan fingerprint density at radius 1 is 1.26 bits per heavy atom. The van der Waals surface area contributed by atoms with Gasteiger partial charge >= 0.3 is 5.97 Å². The van der Waals surface area contributed by atoms with Crippen LogP contribution in [-0.2, 0) is 14.3 Å². The minimum Gasteiger partial charge on any atom is -0.494 e. The van der Waals surface area contributed by atoms with Crippen molar-refractivity contribution in [1.29, 1.82) is 0 Å². The average molecular weight is 345 g/mol. The summed E-state index contributed by atoms with van der Waals surface area (Å²) in [6.07, 6.45) is 2.46. The Hall–Kier alpha value is -1.79. The molecule has 6 nitrogen and oxygen atoms in total. The van der Waals surface area contributed by atoms with E-state index in [0.29, 0.717) is 37.3 Å². The van der Waals surface area contributed by atoms with Crippen LogP contribution in [0, 0.1) is 0 Å². The number of hydrogen-bond donors (Lipinski definition) is 2. The Bertz CT molecular complexity index is 479. The summed E-state index contributed by atoms with van der Waals surface area (Å²) >= 11 is 0. The van der Waals surface area contributed by atoms with E-state index in [1.54, 1.807) is 24.3 Å². The summed E-state index contributed by atoms with van der Waals surface area (Å²) in [5.41, 5.74) is 6.43. The van der Waals surface area contributed by atoms with Crippen LogP contribution in [-0.4, -0.2) is 31.6 Å². The van der Waals surface area contributed by atoms with Crippen LogP contribution in [0.4, 0.5) is 5.69 Å². The molecule has 0 aromatic heterocycles. The summed E-state index contributed by atoms with van der Waals surface area (Å²) in [6.45, 7) is 2.42. The van der Waals surface area contributed by atoms with Crippen molar-refractivity contribution in [2.24, 2.45) is 5.73 Å². The van der Waals surface area contributed by atoms with E-state index in [9.17, 15) is 9.59 Å². The molecule has 0 spiro atoms. The fourth-order valence-electron chi connectivity index (χ4n) is 1.82. The van der Waals surface area contributed by atoms with Gasteiger partial charge in [0.2, 0.25) is 5.91 Å². The molecule has 23 heavy (non-hydrogen) atoms. The lowest BCUT2D eigenvalue weighted by Crippen LogP contribution is -2.35. The molecule has 3 N–H and O–H groups in total. The fourth-order valence-corrected chi connectivity index (χ4v) is 1.82. The molecule has 0 fully saturated rings. The lowest BCUT2D eigenvalue weighted by molar-refractivity contribution is -0.140. The molecule has 0 heterocycles. The third-order valence-corrected chi connectivity index (χ3v) is 3.08. The largest absolute Gasteiger partial charge is 0.494 e. The molecule has 0 bridgehead atoms. The third kappa shape index (κ3) is 8.42. The van der Waals surface area contributed by atoms with Gasteiger partial charge in [-0.05, 0) is 37.1 Å². The first kappa shape index (κ1) is 21.2. The van der Waals surface area contributed by atoms with Crippen LogP contribution < -0.4 is 15.8 Å². The van der Waals surface area contributed by atoms with E-state index < -0.39 is 6.04 Å². The van der Waals surface area contributed by atoms with Crippen LogP contribution in [0.5, 0.6) is 5.75 Å². The Kier molecular flexibility index (Phi) is 10.8. The third-order valence-electron chi connectivity index (χ3n) is 3.08. The van der Waals surface area contributed by atoms with Crippen LogP contribution in [0.15, 0.2) is 24.3 Å². The molecule has 0 aliphatic heterocycles. The molecular formula is C16H25ClN2O4. The topological polar surface area (TPSA) is 90.7 Å². The molecular weight excluding hydrogens is 320 g/mol. The average Bonchev–Trinajstić information content (AvgIpc) is 2.53.